The molecule has 0 aromatic heterocycles. The van der Waals surface area contributed by atoms with Gasteiger partial charge in [-0.3, -0.25) is 4.79 Å². The van der Waals surface area contributed by atoms with Crippen molar-refractivity contribution in [2.24, 2.45) is 0 Å². The highest BCUT2D eigenvalue weighted by atomic mass is 19.2. The Labute approximate surface area is 115 Å². The van der Waals surface area contributed by atoms with E-state index in [9.17, 15) is 13.6 Å². The van der Waals surface area contributed by atoms with E-state index in [0.717, 1.165) is 17.7 Å². The average molecular weight is 276 g/mol. The van der Waals surface area contributed by atoms with Crippen molar-refractivity contribution in [3.8, 4) is 0 Å². The van der Waals surface area contributed by atoms with Gasteiger partial charge in [-0.2, -0.15) is 0 Å². The molecule has 0 aliphatic heterocycles. The van der Waals surface area contributed by atoms with Crippen molar-refractivity contribution in [1.29, 1.82) is 0 Å². The van der Waals surface area contributed by atoms with Crippen molar-refractivity contribution in [2.45, 2.75) is 12.8 Å². The number of halogens is 2. The summed E-state index contributed by atoms with van der Waals surface area (Å²) in [6, 6.07) is 10.2. The minimum atomic E-state index is -1.00. The third-order valence-electron chi connectivity index (χ3n) is 2.99. The molecule has 0 radical (unpaired) electrons. The third kappa shape index (κ3) is 3.12. The lowest BCUT2D eigenvalue weighted by Gasteiger charge is -2.13. The van der Waals surface area contributed by atoms with Crippen LogP contribution in [0.3, 0.4) is 0 Å². The largest absolute Gasteiger partial charge is 0.399 e. The van der Waals surface area contributed by atoms with Crippen molar-refractivity contribution >= 4 is 17.3 Å². The molecule has 1 amide bonds. The Bertz CT molecular complexity index is 644. The van der Waals surface area contributed by atoms with Gasteiger partial charge < -0.3 is 11.1 Å². The summed E-state index contributed by atoms with van der Waals surface area (Å²) in [4.78, 5) is 12.1. The number of rotatable bonds is 3. The molecule has 0 bridgehead atoms. The fourth-order valence-corrected chi connectivity index (χ4v) is 1.80. The SMILES string of the molecule is CC(C(=O)Nc1ccc(F)c(F)c1)c1cccc(N)c1. The number of carbonyl (C=O) groups excluding carboxylic acids is 1. The van der Waals surface area contributed by atoms with Crippen LogP contribution in [-0.4, -0.2) is 5.91 Å². The lowest BCUT2D eigenvalue weighted by Crippen LogP contribution is -2.19. The van der Waals surface area contributed by atoms with Crippen molar-refractivity contribution in [3.05, 3.63) is 59.7 Å². The van der Waals surface area contributed by atoms with Crippen LogP contribution in [-0.2, 0) is 4.79 Å². The molecule has 2 aromatic carbocycles. The van der Waals surface area contributed by atoms with Crippen molar-refractivity contribution in [1.82, 2.24) is 0 Å². The van der Waals surface area contributed by atoms with Crippen LogP contribution >= 0.6 is 0 Å². The van der Waals surface area contributed by atoms with Crippen LogP contribution in [0.15, 0.2) is 42.5 Å². The summed E-state index contributed by atoms with van der Waals surface area (Å²) in [5.74, 6) is -2.72. The van der Waals surface area contributed by atoms with Crippen LogP contribution in [0.5, 0.6) is 0 Å². The average Bonchev–Trinajstić information content (AvgIpc) is 2.42. The molecule has 104 valence electrons. The van der Waals surface area contributed by atoms with Gasteiger partial charge in [-0.15, -0.1) is 0 Å². The summed E-state index contributed by atoms with van der Waals surface area (Å²) in [5, 5.41) is 2.54. The number of hydrogen-bond acceptors (Lipinski definition) is 2. The lowest BCUT2D eigenvalue weighted by molar-refractivity contribution is -0.117. The number of nitrogen functional groups attached to an aromatic ring is 1. The molecular formula is C15H14F2N2O. The van der Waals surface area contributed by atoms with E-state index >= 15 is 0 Å². The molecule has 0 spiro atoms. The van der Waals surface area contributed by atoms with Crippen molar-refractivity contribution in [2.75, 3.05) is 11.1 Å². The molecule has 3 nitrogen and oxygen atoms in total. The third-order valence-corrected chi connectivity index (χ3v) is 2.99. The number of hydrogen-bond donors (Lipinski definition) is 2. The molecule has 0 aliphatic rings. The number of amides is 1. The molecule has 2 aromatic rings. The Morgan fingerprint density at radius 1 is 1.15 bits per heavy atom. The Morgan fingerprint density at radius 2 is 1.90 bits per heavy atom. The first-order valence-electron chi connectivity index (χ1n) is 6.08. The maximum atomic E-state index is 13.1. The summed E-state index contributed by atoms with van der Waals surface area (Å²) in [6.45, 7) is 1.71. The smallest absolute Gasteiger partial charge is 0.231 e. The zero-order valence-corrected chi connectivity index (χ0v) is 10.9. The molecule has 0 saturated carbocycles. The number of carbonyl (C=O) groups is 1. The van der Waals surface area contributed by atoms with Gasteiger partial charge in [-0.25, -0.2) is 8.78 Å². The fourth-order valence-electron chi connectivity index (χ4n) is 1.80. The van der Waals surface area contributed by atoms with Crippen molar-refractivity contribution in [3.63, 3.8) is 0 Å². The predicted molar refractivity (Wildman–Crippen MR) is 74.3 cm³/mol. The highest BCUT2D eigenvalue weighted by molar-refractivity contribution is 5.95. The van der Waals surface area contributed by atoms with Gasteiger partial charge in [-0.1, -0.05) is 12.1 Å². The quantitative estimate of drug-likeness (QED) is 0.845. The molecule has 2 rings (SSSR count). The molecule has 20 heavy (non-hydrogen) atoms. The second-order valence-corrected chi connectivity index (χ2v) is 4.51. The van der Waals surface area contributed by atoms with E-state index in [1.165, 1.54) is 6.07 Å². The van der Waals surface area contributed by atoms with Gasteiger partial charge in [0.05, 0.1) is 5.92 Å². The van der Waals surface area contributed by atoms with Crippen LogP contribution < -0.4 is 11.1 Å². The van der Waals surface area contributed by atoms with E-state index in [-0.39, 0.29) is 11.6 Å². The molecule has 5 heteroatoms. The maximum Gasteiger partial charge on any atom is 0.231 e. The highest BCUT2D eigenvalue weighted by Gasteiger charge is 2.16. The normalized spacial score (nSPS) is 11.9. The van der Waals surface area contributed by atoms with Gasteiger partial charge in [0, 0.05) is 17.4 Å². The van der Waals surface area contributed by atoms with Gasteiger partial charge in [-0.05, 0) is 36.8 Å². The Kier molecular flexibility index (Phi) is 3.98. The van der Waals surface area contributed by atoms with Crippen LogP contribution in [0.1, 0.15) is 18.4 Å². The molecule has 0 saturated heterocycles. The predicted octanol–water partition coefficient (Wildman–Crippen LogP) is 3.29. The number of nitrogens with two attached hydrogens (primary N) is 1. The second-order valence-electron chi connectivity index (χ2n) is 4.51. The molecule has 0 aliphatic carbocycles. The Morgan fingerprint density at radius 3 is 2.55 bits per heavy atom. The fraction of sp³-hybridized carbons (Fsp3) is 0.133. The summed E-state index contributed by atoms with van der Waals surface area (Å²) < 4.78 is 25.9. The van der Waals surface area contributed by atoms with E-state index in [0.29, 0.717) is 5.69 Å². The van der Waals surface area contributed by atoms with E-state index in [1.54, 1.807) is 31.2 Å². The number of benzene rings is 2. The molecule has 1 atom stereocenters. The van der Waals surface area contributed by atoms with Gasteiger partial charge in [0.15, 0.2) is 11.6 Å². The Hall–Kier alpha value is -2.43. The summed E-state index contributed by atoms with van der Waals surface area (Å²) in [5.41, 5.74) is 7.19. The number of nitrogens with one attached hydrogen (secondary N) is 1. The molecule has 0 fully saturated rings. The summed E-state index contributed by atoms with van der Waals surface area (Å²) in [7, 11) is 0. The van der Waals surface area contributed by atoms with Gasteiger partial charge in [0.2, 0.25) is 5.91 Å². The zero-order chi connectivity index (χ0) is 14.7. The minimum Gasteiger partial charge on any atom is -0.399 e. The monoisotopic (exact) mass is 276 g/mol. The molecule has 1 unspecified atom stereocenters. The maximum absolute atomic E-state index is 13.1. The van der Waals surface area contributed by atoms with E-state index in [1.807, 2.05) is 0 Å². The zero-order valence-electron chi connectivity index (χ0n) is 10.9. The minimum absolute atomic E-state index is 0.213. The lowest BCUT2D eigenvalue weighted by atomic mass is 10.00. The van der Waals surface area contributed by atoms with Crippen molar-refractivity contribution < 1.29 is 13.6 Å². The number of anilines is 2. The first-order valence-corrected chi connectivity index (χ1v) is 6.08. The van der Waals surface area contributed by atoms with Gasteiger partial charge >= 0.3 is 0 Å². The Balaban J connectivity index is 2.13. The van der Waals surface area contributed by atoms with E-state index in [4.69, 9.17) is 5.73 Å². The van der Waals surface area contributed by atoms with Gasteiger partial charge in [0.25, 0.3) is 0 Å². The van der Waals surface area contributed by atoms with E-state index < -0.39 is 17.6 Å². The highest BCUT2D eigenvalue weighted by Crippen LogP contribution is 2.20. The standard InChI is InChI=1S/C15H14F2N2O/c1-9(10-3-2-4-11(18)7-10)15(20)19-12-5-6-13(16)14(17)8-12/h2-9H,18H2,1H3,(H,19,20). The van der Waals surface area contributed by atoms with Gasteiger partial charge in [0.1, 0.15) is 0 Å². The van der Waals surface area contributed by atoms with Crippen LogP contribution in [0, 0.1) is 11.6 Å². The van der Waals surface area contributed by atoms with E-state index in [2.05, 4.69) is 5.32 Å². The van der Waals surface area contributed by atoms with Crippen LogP contribution in [0.25, 0.3) is 0 Å². The first-order chi connectivity index (χ1) is 9.47. The summed E-state index contributed by atoms with van der Waals surface area (Å²) >= 11 is 0. The van der Waals surface area contributed by atoms with Crippen LogP contribution in [0.2, 0.25) is 0 Å². The molecule has 3 N–H and O–H groups in total. The first kappa shape index (κ1) is 14.0. The second kappa shape index (κ2) is 5.69. The topological polar surface area (TPSA) is 55.1 Å². The summed E-state index contributed by atoms with van der Waals surface area (Å²) in [6.07, 6.45) is 0. The van der Waals surface area contributed by atoms with Crippen LogP contribution in [0.4, 0.5) is 20.2 Å². The molecule has 0 heterocycles. The molecular weight excluding hydrogens is 262 g/mol.